The Morgan fingerprint density at radius 1 is 0.450 bits per heavy atom. The Hall–Kier alpha value is -4.05. The van der Waals surface area contributed by atoms with Gasteiger partial charge in [-0.3, -0.25) is 0 Å². The van der Waals surface area contributed by atoms with Crippen molar-refractivity contribution in [2.75, 3.05) is 9.80 Å². The van der Waals surface area contributed by atoms with Gasteiger partial charge in [0.2, 0.25) is 0 Å². The van der Waals surface area contributed by atoms with Gasteiger partial charge in [-0.25, -0.2) is 0 Å². The topological polar surface area (TPSA) is 6.48 Å². The molecule has 0 fully saturated rings. The maximum Gasteiger partial charge on any atom is 0.0887 e. The first-order valence-electron chi connectivity index (χ1n) is 22.0. The van der Waals surface area contributed by atoms with E-state index in [1.807, 2.05) is 11.3 Å². The Kier molecular flexibility index (Phi) is 11.1. The van der Waals surface area contributed by atoms with Crippen LogP contribution >= 0.6 is 22.9 Å². The van der Waals surface area contributed by atoms with Gasteiger partial charge in [-0.1, -0.05) is 165 Å². The number of hydrogen-bond donors (Lipinski definition) is 0. The van der Waals surface area contributed by atoms with Gasteiger partial charge in [-0.05, 0) is 133 Å². The Morgan fingerprint density at radius 2 is 0.883 bits per heavy atom. The molecule has 7 rings (SSSR count). The number of halogens is 1. The zero-order valence-corrected chi connectivity index (χ0v) is 41.0. The van der Waals surface area contributed by atoms with Crippen molar-refractivity contribution in [3.05, 3.63) is 141 Å². The third-order valence-electron chi connectivity index (χ3n) is 13.1. The molecular weight excluding hydrogens is 768 g/mol. The van der Waals surface area contributed by atoms with E-state index < -0.39 is 0 Å². The smallest absolute Gasteiger partial charge is 0.0887 e. The first kappa shape index (κ1) is 44.0. The third-order valence-corrected chi connectivity index (χ3v) is 14.4. The van der Waals surface area contributed by atoms with Crippen LogP contribution in [-0.4, -0.2) is 0 Å². The molecule has 60 heavy (non-hydrogen) atoms. The van der Waals surface area contributed by atoms with Crippen molar-refractivity contribution in [1.29, 1.82) is 0 Å². The van der Waals surface area contributed by atoms with Crippen molar-refractivity contribution in [2.24, 2.45) is 0 Å². The largest absolute Gasteiger partial charge is 0.309 e. The van der Waals surface area contributed by atoms with Crippen LogP contribution < -0.4 is 9.80 Å². The summed E-state index contributed by atoms with van der Waals surface area (Å²) in [5.41, 5.74) is 14.5. The van der Waals surface area contributed by atoms with Crippen molar-refractivity contribution < 1.29 is 0 Å². The van der Waals surface area contributed by atoms with E-state index >= 15 is 0 Å². The summed E-state index contributed by atoms with van der Waals surface area (Å²) < 4.78 is 1.28. The van der Waals surface area contributed by atoms with Crippen molar-refractivity contribution in [1.82, 2.24) is 0 Å². The molecule has 0 atom stereocenters. The number of nitrogens with zero attached hydrogens (tertiary/aromatic N) is 2. The fourth-order valence-electron chi connectivity index (χ4n) is 8.78. The van der Waals surface area contributed by atoms with E-state index in [4.69, 9.17) is 11.6 Å². The lowest BCUT2D eigenvalue weighted by atomic mass is 9.63. The van der Waals surface area contributed by atoms with Gasteiger partial charge in [0.25, 0.3) is 0 Å². The summed E-state index contributed by atoms with van der Waals surface area (Å²) in [5.74, 6) is 0. The predicted molar refractivity (Wildman–Crippen MR) is 266 cm³/mol. The van der Waals surface area contributed by atoms with Gasteiger partial charge >= 0.3 is 0 Å². The SMILES string of the molecule is CC(C)(C)c1ccc(N(c2ccc(C(C)(C)C)cc2)c2cc(C(C)(C)C)cc(N(c3ccc4c(c3)C(C)(C)CCC4(C)C)c3csc4cc(C(C)(C)C)ccc34)c2Cl)cc1. The molecule has 6 aromatic rings. The van der Waals surface area contributed by atoms with Crippen LogP contribution in [0.4, 0.5) is 34.1 Å². The molecule has 0 bridgehead atoms. The second-order valence-corrected chi connectivity index (χ2v) is 24.2. The second-order valence-electron chi connectivity index (χ2n) is 22.9. The van der Waals surface area contributed by atoms with Crippen molar-refractivity contribution in [3.8, 4) is 0 Å². The van der Waals surface area contributed by atoms with Crippen LogP contribution in [0, 0.1) is 0 Å². The molecule has 0 amide bonds. The average Bonchev–Trinajstić information content (AvgIpc) is 3.57. The summed E-state index contributed by atoms with van der Waals surface area (Å²) in [4.78, 5) is 4.84. The van der Waals surface area contributed by atoms with Gasteiger partial charge in [0.05, 0.1) is 22.1 Å². The highest BCUT2D eigenvalue weighted by molar-refractivity contribution is 7.17. The first-order chi connectivity index (χ1) is 27.7. The fraction of sp³-hybridized carbons (Fsp3) is 0.429. The van der Waals surface area contributed by atoms with Gasteiger partial charge in [0, 0.05) is 32.5 Å². The van der Waals surface area contributed by atoms with Crippen molar-refractivity contribution >= 4 is 67.1 Å². The number of rotatable bonds is 6. The lowest BCUT2D eigenvalue weighted by Crippen LogP contribution is -2.34. The zero-order valence-electron chi connectivity index (χ0n) is 39.4. The van der Waals surface area contributed by atoms with Gasteiger partial charge in [0.15, 0.2) is 0 Å². The van der Waals surface area contributed by atoms with Crippen LogP contribution in [-0.2, 0) is 32.5 Å². The maximum atomic E-state index is 8.10. The molecule has 4 heteroatoms. The highest BCUT2D eigenvalue weighted by Gasteiger charge is 2.38. The quantitative estimate of drug-likeness (QED) is 0.165. The molecule has 5 aromatic carbocycles. The number of thiophene rings is 1. The maximum absolute atomic E-state index is 8.10. The van der Waals surface area contributed by atoms with E-state index in [0.717, 1.165) is 40.5 Å². The number of benzene rings is 5. The molecule has 0 saturated heterocycles. The van der Waals surface area contributed by atoms with Gasteiger partial charge < -0.3 is 9.80 Å². The molecule has 1 aromatic heterocycles. The van der Waals surface area contributed by atoms with Crippen LogP contribution in [0.25, 0.3) is 10.1 Å². The van der Waals surface area contributed by atoms with Crippen LogP contribution in [0.1, 0.15) is 157 Å². The molecule has 0 saturated carbocycles. The average molecular weight is 838 g/mol. The van der Waals surface area contributed by atoms with Gasteiger partial charge in [-0.2, -0.15) is 0 Å². The van der Waals surface area contributed by atoms with Gasteiger partial charge in [-0.15, -0.1) is 11.3 Å². The van der Waals surface area contributed by atoms with Crippen LogP contribution in [0.5, 0.6) is 0 Å². The van der Waals surface area contributed by atoms with E-state index in [0.29, 0.717) is 5.02 Å². The van der Waals surface area contributed by atoms with E-state index in [2.05, 4.69) is 223 Å². The first-order valence-corrected chi connectivity index (χ1v) is 23.2. The second kappa shape index (κ2) is 15.1. The number of anilines is 6. The molecule has 0 unspecified atom stereocenters. The number of fused-ring (bicyclic) bond motifs is 2. The Labute approximate surface area is 372 Å². The Bertz CT molecular complexity index is 2470. The summed E-state index contributed by atoms with van der Waals surface area (Å²) in [6.45, 7) is 37.1. The van der Waals surface area contributed by atoms with Crippen LogP contribution in [0.15, 0.2) is 102 Å². The molecule has 1 aliphatic carbocycles. The molecule has 316 valence electrons. The Balaban J connectivity index is 1.55. The molecule has 2 nitrogen and oxygen atoms in total. The minimum Gasteiger partial charge on any atom is -0.309 e. The standard InChI is InChI=1S/C56H69ClN2S/c1-51(2,3)36-17-22-40(23-18-36)58(41-24-19-37(20-25-41)52(4,5)6)46-31-39(54(10,11)12)32-47(50(46)57)59(48-35-60-49-33-38(53(7,8)9)21-27-43(48)49)42-26-28-44-45(34-42)56(15,16)30-29-55(44,13)14/h17-28,31-35H,29-30H2,1-16H3. The minimum absolute atomic E-state index is 0.0325. The molecule has 0 aliphatic heterocycles. The molecule has 1 heterocycles. The molecular formula is C56H69ClN2S. The van der Waals surface area contributed by atoms with Crippen LogP contribution in [0.3, 0.4) is 0 Å². The van der Waals surface area contributed by atoms with Crippen LogP contribution in [0.2, 0.25) is 5.02 Å². The molecule has 0 radical (unpaired) electrons. The van der Waals surface area contributed by atoms with Crippen molar-refractivity contribution in [3.63, 3.8) is 0 Å². The number of hydrogen-bond acceptors (Lipinski definition) is 3. The van der Waals surface area contributed by atoms with E-state index in [9.17, 15) is 0 Å². The normalized spacial score (nSPS) is 15.6. The minimum atomic E-state index is -0.169. The van der Waals surface area contributed by atoms with E-state index in [1.54, 1.807) is 0 Å². The predicted octanol–water partition coefficient (Wildman–Crippen LogP) is 18.0. The summed E-state index contributed by atoms with van der Waals surface area (Å²) in [5, 5.41) is 4.29. The zero-order chi connectivity index (χ0) is 44.0. The molecule has 0 N–H and O–H groups in total. The Morgan fingerprint density at radius 3 is 1.37 bits per heavy atom. The highest BCUT2D eigenvalue weighted by Crippen LogP contribution is 2.53. The van der Waals surface area contributed by atoms with Gasteiger partial charge in [0.1, 0.15) is 0 Å². The molecule has 1 aliphatic rings. The van der Waals surface area contributed by atoms with Crippen molar-refractivity contribution in [2.45, 2.75) is 156 Å². The summed E-state index contributed by atoms with van der Waals surface area (Å²) in [6, 6.07) is 37.2. The third kappa shape index (κ3) is 8.43. The fourth-order valence-corrected chi connectivity index (χ4v) is 10.0. The monoisotopic (exact) mass is 836 g/mol. The lowest BCUT2D eigenvalue weighted by molar-refractivity contribution is 0.332. The van der Waals surface area contributed by atoms with E-state index in [1.165, 1.54) is 49.9 Å². The lowest BCUT2D eigenvalue weighted by Gasteiger charge is -2.42. The summed E-state index contributed by atoms with van der Waals surface area (Å²) >= 11 is 9.92. The highest BCUT2D eigenvalue weighted by atomic mass is 35.5. The summed E-state index contributed by atoms with van der Waals surface area (Å²) in [7, 11) is 0. The summed E-state index contributed by atoms with van der Waals surface area (Å²) in [6.07, 6.45) is 2.32. The van der Waals surface area contributed by atoms with E-state index in [-0.39, 0.29) is 32.5 Å². The molecule has 0 spiro atoms.